The third-order valence-corrected chi connectivity index (χ3v) is 2.22. The quantitative estimate of drug-likeness (QED) is 0.843. The number of carbonyl (C=O) groups is 1. The summed E-state index contributed by atoms with van der Waals surface area (Å²) < 4.78 is 42.0. The van der Waals surface area contributed by atoms with Crippen LogP contribution in [0.25, 0.3) is 0 Å². The van der Waals surface area contributed by atoms with Gasteiger partial charge in [-0.15, -0.1) is 0 Å². The molecule has 0 aliphatic carbocycles. The Morgan fingerprint density at radius 3 is 2.44 bits per heavy atom. The molecule has 0 saturated carbocycles. The van der Waals surface area contributed by atoms with Gasteiger partial charge in [-0.05, 0) is 31.2 Å². The van der Waals surface area contributed by atoms with Crippen molar-refractivity contribution in [2.45, 2.75) is 18.7 Å². The fraction of sp³-hybridized carbons (Fsp3) is 0.364. The van der Waals surface area contributed by atoms with Crippen LogP contribution in [0.1, 0.15) is 17.3 Å². The molecule has 0 saturated heterocycles. The molecule has 1 rings (SSSR count). The van der Waals surface area contributed by atoms with E-state index in [0.29, 0.717) is 6.54 Å². The van der Waals surface area contributed by atoms with Crippen molar-refractivity contribution in [1.29, 1.82) is 0 Å². The van der Waals surface area contributed by atoms with Gasteiger partial charge in [0.05, 0.1) is 0 Å². The molecule has 0 aliphatic heterocycles. The van der Waals surface area contributed by atoms with Crippen LogP contribution in [-0.2, 0) is 0 Å². The summed E-state index contributed by atoms with van der Waals surface area (Å²) in [4.78, 5) is 11.4. The summed E-state index contributed by atoms with van der Waals surface area (Å²) in [6.07, 6.45) is -4.12. The number of ether oxygens (including phenoxy) is 1. The van der Waals surface area contributed by atoms with Gasteiger partial charge in [0.1, 0.15) is 5.75 Å². The summed E-state index contributed by atoms with van der Waals surface area (Å²) >= 11 is 4.64. The standard InChI is InChI=1S/C11H11ClF3NO2/c1-2-16-9(17)7-3-5-8(6-4-7)18-11(14,15)10(12)13/h3-6,10H,2H2,1H3,(H,16,17). The van der Waals surface area contributed by atoms with E-state index < -0.39 is 11.7 Å². The first kappa shape index (κ1) is 14.6. The lowest BCUT2D eigenvalue weighted by Crippen LogP contribution is -2.32. The molecule has 7 heteroatoms. The first-order valence-electron chi connectivity index (χ1n) is 5.10. The molecule has 3 nitrogen and oxygen atoms in total. The van der Waals surface area contributed by atoms with Gasteiger partial charge in [-0.3, -0.25) is 4.79 Å². The highest BCUT2D eigenvalue weighted by atomic mass is 35.5. The van der Waals surface area contributed by atoms with Crippen LogP contribution in [0.15, 0.2) is 24.3 Å². The second-order valence-corrected chi connectivity index (χ2v) is 3.73. The monoisotopic (exact) mass is 281 g/mol. The molecule has 0 spiro atoms. The Labute approximate surface area is 107 Å². The third-order valence-electron chi connectivity index (χ3n) is 1.96. The van der Waals surface area contributed by atoms with Crippen molar-refractivity contribution < 1.29 is 22.7 Å². The average Bonchev–Trinajstić information content (AvgIpc) is 2.29. The van der Waals surface area contributed by atoms with Gasteiger partial charge in [-0.25, -0.2) is 4.39 Å². The Morgan fingerprint density at radius 1 is 1.44 bits per heavy atom. The molecule has 1 unspecified atom stereocenters. The van der Waals surface area contributed by atoms with E-state index in [1.54, 1.807) is 6.92 Å². The van der Waals surface area contributed by atoms with Gasteiger partial charge in [0.25, 0.3) is 11.5 Å². The number of hydrogen-bond acceptors (Lipinski definition) is 2. The van der Waals surface area contributed by atoms with Gasteiger partial charge in [0, 0.05) is 12.1 Å². The Kier molecular flexibility index (Phi) is 4.84. The van der Waals surface area contributed by atoms with Crippen LogP contribution in [0, 0.1) is 0 Å². The van der Waals surface area contributed by atoms with Gasteiger partial charge in [0.2, 0.25) is 0 Å². The molecule has 0 aliphatic rings. The summed E-state index contributed by atoms with van der Waals surface area (Å²) in [7, 11) is 0. The predicted molar refractivity (Wildman–Crippen MR) is 60.8 cm³/mol. The van der Waals surface area contributed by atoms with E-state index in [-0.39, 0.29) is 17.2 Å². The Hall–Kier alpha value is -1.43. The summed E-state index contributed by atoms with van der Waals surface area (Å²) in [5.41, 5.74) is -2.66. The van der Waals surface area contributed by atoms with E-state index in [1.165, 1.54) is 12.1 Å². The topological polar surface area (TPSA) is 38.3 Å². The number of alkyl halides is 4. The molecule has 0 fully saturated rings. The molecule has 0 bridgehead atoms. The molecule has 18 heavy (non-hydrogen) atoms. The molecule has 0 aromatic heterocycles. The lowest BCUT2D eigenvalue weighted by Gasteiger charge is -2.17. The second-order valence-electron chi connectivity index (χ2n) is 3.35. The van der Waals surface area contributed by atoms with E-state index in [4.69, 9.17) is 0 Å². The summed E-state index contributed by atoms with van der Waals surface area (Å²) in [6.45, 7) is 2.20. The third kappa shape index (κ3) is 3.80. The highest BCUT2D eigenvalue weighted by molar-refractivity contribution is 6.20. The summed E-state index contributed by atoms with van der Waals surface area (Å²) in [6, 6.07) is 4.85. The van der Waals surface area contributed by atoms with Gasteiger partial charge >= 0.3 is 6.11 Å². The van der Waals surface area contributed by atoms with Crippen molar-refractivity contribution in [3.05, 3.63) is 29.8 Å². The van der Waals surface area contributed by atoms with Crippen LogP contribution in [0.3, 0.4) is 0 Å². The van der Waals surface area contributed by atoms with E-state index in [9.17, 15) is 18.0 Å². The maximum absolute atomic E-state index is 12.8. The fourth-order valence-corrected chi connectivity index (χ4v) is 1.18. The molecular weight excluding hydrogens is 271 g/mol. The normalized spacial score (nSPS) is 12.9. The number of hydrogen-bond donors (Lipinski definition) is 1. The van der Waals surface area contributed by atoms with E-state index >= 15 is 0 Å². The largest absolute Gasteiger partial charge is 0.444 e. The first-order chi connectivity index (χ1) is 8.36. The van der Waals surface area contributed by atoms with Crippen molar-refractivity contribution in [3.8, 4) is 5.75 Å². The maximum Gasteiger partial charge on any atom is 0.444 e. The minimum absolute atomic E-state index is 0.281. The molecule has 0 heterocycles. The van der Waals surface area contributed by atoms with Crippen LogP contribution in [0.4, 0.5) is 13.2 Å². The molecular formula is C11H11ClF3NO2. The number of nitrogens with one attached hydrogen (secondary N) is 1. The molecule has 1 aromatic carbocycles. The van der Waals surface area contributed by atoms with Crippen molar-refractivity contribution >= 4 is 17.5 Å². The fourth-order valence-electron chi connectivity index (χ4n) is 1.14. The minimum Gasteiger partial charge on any atom is -0.429 e. The van der Waals surface area contributed by atoms with Crippen molar-refractivity contribution in [2.75, 3.05) is 6.54 Å². The van der Waals surface area contributed by atoms with Crippen molar-refractivity contribution in [3.63, 3.8) is 0 Å². The molecule has 0 radical (unpaired) electrons. The van der Waals surface area contributed by atoms with Crippen LogP contribution in [-0.4, -0.2) is 24.2 Å². The summed E-state index contributed by atoms with van der Waals surface area (Å²) in [5.74, 6) is -0.618. The highest BCUT2D eigenvalue weighted by Crippen LogP contribution is 2.28. The Bertz CT molecular complexity index is 409. The summed E-state index contributed by atoms with van der Waals surface area (Å²) in [5, 5.41) is 2.54. The lowest BCUT2D eigenvalue weighted by molar-refractivity contribution is -0.199. The molecule has 100 valence electrons. The number of benzene rings is 1. The lowest BCUT2D eigenvalue weighted by atomic mass is 10.2. The van der Waals surface area contributed by atoms with Gasteiger partial charge < -0.3 is 10.1 Å². The van der Waals surface area contributed by atoms with E-state index in [2.05, 4.69) is 21.7 Å². The average molecular weight is 282 g/mol. The van der Waals surface area contributed by atoms with Crippen LogP contribution < -0.4 is 10.1 Å². The first-order valence-corrected chi connectivity index (χ1v) is 5.53. The second kappa shape index (κ2) is 5.95. The van der Waals surface area contributed by atoms with E-state index in [1.807, 2.05) is 0 Å². The SMILES string of the molecule is CCNC(=O)c1ccc(OC(F)(F)C(F)Cl)cc1. The molecule has 1 amide bonds. The zero-order valence-electron chi connectivity index (χ0n) is 9.42. The zero-order chi connectivity index (χ0) is 13.8. The van der Waals surface area contributed by atoms with E-state index in [0.717, 1.165) is 12.1 Å². The van der Waals surface area contributed by atoms with Crippen molar-refractivity contribution in [2.24, 2.45) is 0 Å². The number of halogens is 4. The Morgan fingerprint density at radius 2 is 2.00 bits per heavy atom. The zero-order valence-corrected chi connectivity index (χ0v) is 10.2. The van der Waals surface area contributed by atoms with Crippen LogP contribution in [0.2, 0.25) is 0 Å². The minimum atomic E-state index is -4.12. The highest BCUT2D eigenvalue weighted by Gasteiger charge is 2.42. The predicted octanol–water partition coefficient (Wildman–Crippen LogP) is 2.94. The van der Waals surface area contributed by atoms with Gasteiger partial charge in [-0.2, -0.15) is 8.78 Å². The van der Waals surface area contributed by atoms with Gasteiger partial charge in [-0.1, -0.05) is 11.6 Å². The molecule has 1 aromatic rings. The number of amides is 1. The molecule has 1 atom stereocenters. The van der Waals surface area contributed by atoms with Crippen LogP contribution in [0.5, 0.6) is 5.75 Å². The van der Waals surface area contributed by atoms with Crippen molar-refractivity contribution in [1.82, 2.24) is 5.32 Å². The molecule has 1 N–H and O–H groups in total. The van der Waals surface area contributed by atoms with Crippen LogP contribution >= 0.6 is 11.6 Å². The maximum atomic E-state index is 12.8. The Balaban J connectivity index is 2.75. The number of carbonyl (C=O) groups excluding carboxylic acids is 1. The smallest absolute Gasteiger partial charge is 0.429 e. The van der Waals surface area contributed by atoms with Gasteiger partial charge in [0.15, 0.2) is 0 Å². The number of rotatable bonds is 5.